The van der Waals surface area contributed by atoms with Crippen LogP contribution in [0.15, 0.2) is 54.9 Å². The van der Waals surface area contributed by atoms with E-state index in [1.165, 1.54) is 10.9 Å². The second kappa shape index (κ2) is 8.15. The third-order valence-corrected chi connectivity index (χ3v) is 4.09. The van der Waals surface area contributed by atoms with E-state index in [0.717, 1.165) is 29.8 Å². The number of hydrogen-bond acceptors (Lipinski definition) is 4. The number of alkyl halides is 3. The Kier molecular flexibility index (Phi) is 5.63. The summed E-state index contributed by atoms with van der Waals surface area (Å²) in [5, 5.41) is 14.5. The van der Waals surface area contributed by atoms with E-state index in [9.17, 15) is 27.9 Å². The molecule has 11 heteroatoms. The highest BCUT2D eigenvalue weighted by molar-refractivity contribution is 5.99. The normalized spacial score (nSPS) is 11.2. The highest BCUT2D eigenvalue weighted by atomic mass is 19.4. The number of carbonyl (C=O) groups excluding carboxylic acids is 2. The molecule has 8 nitrogen and oxygen atoms in total. The highest BCUT2D eigenvalue weighted by Gasteiger charge is 2.30. The molecule has 0 radical (unpaired) electrons. The fourth-order valence-corrected chi connectivity index (χ4v) is 2.67. The van der Waals surface area contributed by atoms with Gasteiger partial charge in [0, 0.05) is 17.9 Å². The first-order valence-corrected chi connectivity index (χ1v) is 8.51. The van der Waals surface area contributed by atoms with Crippen molar-refractivity contribution in [2.45, 2.75) is 12.7 Å². The number of nitrogens with one attached hydrogen (secondary N) is 2. The molecule has 0 bridgehead atoms. The number of urea groups is 1. The summed E-state index contributed by atoms with van der Waals surface area (Å²) in [6.45, 7) is 0.212. The molecule has 1 aromatic heterocycles. The minimum atomic E-state index is -4.45. The van der Waals surface area contributed by atoms with Crippen LogP contribution in [0.5, 0.6) is 5.88 Å². The Morgan fingerprint density at radius 1 is 1.00 bits per heavy atom. The number of amides is 3. The summed E-state index contributed by atoms with van der Waals surface area (Å²) < 4.78 is 39.1. The van der Waals surface area contributed by atoms with Crippen LogP contribution in [0.3, 0.4) is 0 Å². The molecule has 0 unspecified atom stereocenters. The first kappa shape index (κ1) is 20.7. The van der Waals surface area contributed by atoms with E-state index >= 15 is 0 Å². The topological polar surface area (TPSA) is 122 Å². The average Bonchev–Trinajstić information content (AvgIpc) is 3.03. The number of imidazole rings is 1. The van der Waals surface area contributed by atoms with Gasteiger partial charge in [0.15, 0.2) is 5.69 Å². The van der Waals surface area contributed by atoms with Crippen LogP contribution >= 0.6 is 0 Å². The lowest BCUT2D eigenvalue weighted by molar-refractivity contribution is -0.137. The van der Waals surface area contributed by atoms with Crippen molar-refractivity contribution >= 4 is 23.3 Å². The maximum atomic E-state index is 12.6. The van der Waals surface area contributed by atoms with Crippen LogP contribution in [0.1, 0.15) is 21.6 Å². The molecule has 0 fully saturated rings. The number of hydrogen-bond donors (Lipinski definition) is 4. The predicted molar refractivity (Wildman–Crippen MR) is 102 cm³/mol. The van der Waals surface area contributed by atoms with E-state index in [1.807, 2.05) is 0 Å². The van der Waals surface area contributed by atoms with Crippen LogP contribution in [-0.4, -0.2) is 26.6 Å². The molecule has 1 heterocycles. The molecule has 0 spiro atoms. The molecule has 0 aliphatic carbocycles. The molecule has 30 heavy (non-hydrogen) atoms. The maximum Gasteiger partial charge on any atom is 0.416 e. The highest BCUT2D eigenvalue weighted by Crippen LogP contribution is 2.29. The number of rotatable bonds is 5. The number of nitrogens with two attached hydrogens (primary N) is 1. The fraction of sp³-hybridized carbons (Fsp3) is 0.105. The summed E-state index contributed by atoms with van der Waals surface area (Å²) in [6, 6.07) is 9.98. The molecule has 0 aliphatic heterocycles. The molecule has 0 saturated heterocycles. The van der Waals surface area contributed by atoms with Gasteiger partial charge in [-0.15, -0.1) is 0 Å². The van der Waals surface area contributed by atoms with Crippen molar-refractivity contribution in [3.63, 3.8) is 0 Å². The zero-order valence-corrected chi connectivity index (χ0v) is 15.3. The largest absolute Gasteiger partial charge is 0.492 e. The van der Waals surface area contributed by atoms with Crippen LogP contribution in [0.2, 0.25) is 0 Å². The quantitative estimate of drug-likeness (QED) is 0.506. The minimum Gasteiger partial charge on any atom is -0.492 e. The van der Waals surface area contributed by atoms with Gasteiger partial charge in [-0.05, 0) is 42.0 Å². The molecule has 0 saturated carbocycles. The van der Waals surface area contributed by atoms with Crippen molar-refractivity contribution in [3.05, 3.63) is 71.7 Å². The van der Waals surface area contributed by atoms with E-state index in [0.29, 0.717) is 5.69 Å². The average molecular weight is 419 g/mol. The smallest absolute Gasteiger partial charge is 0.416 e. The molecule has 3 aromatic rings. The molecule has 5 N–H and O–H groups in total. The van der Waals surface area contributed by atoms with Gasteiger partial charge in [0.2, 0.25) is 5.88 Å². The van der Waals surface area contributed by atoms with Gasteiger partial charge in [-0.25, -0.2) is 9.78 Å². The van der Waals surface area contributed by atoms with Crippen molar-refractivity contribution in [1.29, 1.82) is 0 Å². The Hall–Kier alpha value is -4.02. The lowest BCUT2D eigenvalue weighted by Crippen LogP contribution is -2.19. The van der Waals surface area contributed by atoms with Gasteiger partial charge in [0.1, 0.15) is 0 Å². The lowest BCUT2D eigenvalue weighted by atomic mass is 10.2. The minimum absolute atomic E-state index is 0.117. The van der Waals surface area contributed by atoms with Crippen LogP contribution in [-0.2, 0) is 12.7 Å². The summed E-state index contributed by atoms with van der Waals surface area (Å²) >= 11 is 0. The second-order valence-corrected chi connectivity index (χ2v) is 6.26. The molecule has 156 valence electrons. The summed E-state index contributed by atoms with van der Waals surface area (Å²) in [6.07, 6.45) is -3.17. The van der Waals surface area contributed by atoms with E-state index < -0.39 is 29.6 Å². The maximum absolute atomic E-state index is 12.6. The van der Waals surface area contributed by atoms with Crippen molar-refractivity contribution in [2.24, 2.45) is 5.73 Å². The standard InChI is InChI=1S/C19H16F3N5O3/c20-19(21,22)12-3-7-14(8-4-12)26-18(30)25-13-5-1-11(2-6-13)9-27-10-24-17(29)15(27)16(23)28/h1-8,10,29H,9H2,(H2,23,28)(H2,25,26,30). The Balaban J connectivity index is 1.60. The number of carbonyl (C=O) groups is 2. The number of anilines is 2. The molecular weight excluding hydrogens is 403 g/mol. The number of aromatic nitrogens is 2. The summed E-state index contributed by atoms with van der Waals surface area (Å²) in [5.41, 5.74) is 5.67. The van der Waals surface area contributed by atoms with Gasteiger partial charge >= 0.3 is 12.2 Å². The second-order valence-electron chi connectivity index (χ2n) is 6.26. The summed E-state index contributed by atoms with van der Waals surface area (Å²) in [5.74, 6) is -1.27. The number of nitrogens with zero attached hydrogens (tertiary/aromatic N) is 2. The van der Waals surface area contributed by atoms with Crippen LogP contribution in [0.4, 0.5) is 29.3 Å². The molecule has 3 rings (SSSR count). The van der Waals surface area contributed by atoms with E-state index in [1.54, 1.807) is 24.3 Å². The number of benzene rings is 2. The third kappa shape index (κ3) is 4.87. The van der Waals surface area contributed by atoms with Crippen molar-refractivity contribution in [3.8, 4) is 5.88 Å². The predicted octanol–water partition coefficient (Wildman–Crippen LogP) is 3.40. The third-order valence-electron chi connectivity index (χ3n) is 4.09. The zero-order chi connectivity index (χ0) is 21.9. The molecule has 0 aliphatic rings. The van der Waals surface area contributed by atoms with Gasteiger partial charge < -0.3 is 26.0 Å². The first-order chi connectivity index (χ1) is 14.1. The monoisotopic (exact) mass is 419 g/mol. The Labute approximate surface area is 168 Å². The summed E-state index contributed by atoms with van der Waals surface area (Å²) in [7, 11) is 0. The SMILES string of the molecule is NC(=O)c1c(O)ncn1Cc1ccc(NC(=O)Nc2ccc(C(F)(F)F)cc2)cc1. The van der Waals surface area contributed by atoms with Gasteiger partial charge in [-0.2, -0.15) is 13.2 Å². The van der Waals surface area contributed by atoms with Crippen molar-refractivity contribution in [1.82, 2.24) is 9.55 Å². The number of aromatic hydroxyl groups is 1. The fourth-order valence-electron chi connectivity index (χ4n) is 2.67. The number of halogens is 3. The van der Waals surface area contributed by atoms with Crippen molar-refractivity contribution in [2.75, 3.05) is 10.6 Å². The first-order valence-electron chi connectivity index (χ1n) is 8.51. The van der Waals surface area contributed by atoms with Gasteiger partial charge in [0.05, 0.1) is 11.9 Å². The Morgan fingerprint density at radius 2 is 1.53 bits per heavy atom. The van der Waals surface area contributed by atoms with Gasteiger partial charge in [-0.1, -0.05) is 12.1 Å². The van der Waals surface area contributed by atoms with E-state index in [-0.39, 0.29) is 17.9 Å². The van der Waals surface area contributed by atoms with E-state index in [2.05, 4.69) is 15.6 Å². The molecule has 0 atom stereocenters. The summed E-state index contributed by atoms with van der Waals surface area (Å²) in [4.78, 5) is 27.0. The zero-order valence-electron chi connectivity index (χ0n) is 15.3. The Bertz CT molecular complexity index is 1060. The van der Waals surface area contributed by atoms with E-state index in [4.69, 9.17) is 5.73 Å². The Morgan fingerprint density at radius 3 is 2.03 bits per heavy atom. The number of primary amides is 1. The molecular formula is C19H16F3N5O3. The molecule has 2 aromatic carbocycles. The molecule has 3 amide bonds. The van der Waals surface area contributed by atoms with Gasteiger partial charge in [-0.3, -0.25) is 4.79 Å². The van der Waals surface area contributed by atoms with Crippen LogP contribution in [0, 0.1) is 0 Å². The lowest BCUT2D eigenvalue weighted by Gasteiger charge is -2.11. The van der Waals surface area contributed by atoms with Crippen molar-refractivity contribution < 1.29 is 27.9 Å². The van der Waals surface area contributed by atoms with Crippen LogP contribution < -0.4 is 16.4 Å². The van der Waals surface area contributed by atoms with Crippen LogP contribution in [0.25, 0.3) is 0 Å². The van der Waals surface area contributed by atoms with Gasteiger partial charge in [0.25, 0.3) is 5.91 Å².